The third-order valence-electron chi connectivity index (χ3n) is 4.43. The van der Waals surface area contributed by atoms with Gasteiger partial charge >= 0.3 is 0 Å². The summed E-state index contributed by atoms with van der Waals surface area (Å²) in [6.45, 7) is 3.60. The standard InChI is InChI=1S/C22H30N4O/c1-18-10-5-6-12-20(18)22(27)26-15-8-4-2-3-7-13-25-17-21(23)19-11-9-14-24-16-19/h5-6,9-12,14,16-17,25H,2-4,7-8,13,15,23H2,1H3,(H,26,27)/b21-17-. The average molecular weight is 367 g/mol. The lowest BCUT2D eigenvalue weighted by atomic mass is 10.1. The third kappa shape index (κ3) is 7.52. The molecule has 0 aliphatic heterocycles. The van der Waals surface area contributed by atoms with Crippen LogP contribution in [0.2, 0.25) is 0 Å². The van der Waals surface area contributed by atoms with Crippen LogP contribution in [0.15, 0.2) is 55.0 Å². The van der Waals surface area contributed by atoms with Gasteiger partial charge in [0.05, 0.1) is 5.70 Å². The summed E-state index contributed by atoms with van der Waals surface area (Å²) in [5.74, 6) is 0.0234. The molecule has 0 radical (unpaired) electrons. The van der Waals surface area contributed by atoms with Crippen LogP contribution in [0.4, 0.5) is 0 Å². The van der Waals surface area contributed by atoms with Crippen LogP contribution in [0.3, 0.4) is 0 Å². The highest BCUT2D eigenvalue weighted by Gasteiger charge is 2.06. The summed E-state index contributed by atoms with van der Waals surface area (Å²) in [6, 6.07) is 11.5. The van der Waals surface area contributed by atoms with Crippen LogP contribution >= 0.6 is 0 Å². The largest absolute Gasteiger partial charge is 0.397 e. The Hall–Kier alpha value is -2.82. The number of nitrogens with one attached hydrogen (secondary N) is 2. The Morgan fingerprint density at radius 2 is 1.78 bits per heavy atom. The minimum Gasteiger partial charge on any atom is -0.397 e. The van der Waals surface area contributed by atoms with Crippen molar-refractivity contribution in [3.05, 3.63) is 71.7 Å². The molecule has 0 spiro atoms. The van der Waals surface area contributed by atoms with Crippen molar-refractivity contribution in [3.63, 3.8) is 0 Å². The number of unbranched alkanes of at least 4 members (excludes halogenated alkanes) is 4. The summed E-state index contributed by atoms with van der Waals surface area (Å²) < 4.78 is 0. The molecule has 4 N–H and O–H groups in total. The molecular weight excluding hydrogens is 336 g/mol. The van der Waals surface area contributed by atoms with Gasteiger partial charge in [-0.3, -0.25) is 9.78 Å². The Kier molecular flexibility index (Phi) is 8.90. The SMILES string of the molecule is Cc1ccccc1C(=O)NCCCCCCCN/C=C(\N)c1cccnc1. The van der Waals surface area contributed by atoms with Crippen LogP contribution in [0, 0.1) is 6.92 Å². The number of carbonyl (C=O) groups excluding carboxylic acids is 1. The topological polar surface area (TPSA) is 80.0 Å². The minimum atomic E-state index is 0.0234. The number of nitrogens with two attached hydrogens (primary N) is 1. The van der Waals surface area contributed by atoms with E-state index in [1.807, 2.05) is 49.5 Å². The van der Waals surface area contributed by atoms with E-state index in [1.165, 1.54) is 12.8 Å². The molecule has 5 heteroatoms. The number of carbonyl (C=O) groups is 1. The number of amides is 1. The van der Waals surface area contributed by atoms with Crippen LogP contribution in [-0.4, -0.2) is 24.0 Å². The first-order chi connectivity index (χ1) is 13.2. The van der Waals surface area contributed by atoms with E-state index in [4.69, 9.17) is 5.73 Å². The lowest BCUT2D eigenvalue weighted by Crippen LogP contribution is -2.25. The van der Waals surface area contributed by atoms with E-state index < -0.39 is 0 Å². The predicted octanol–water partition coefficient (Wildman–Crippen LogP) is 3.62. The zero-order valence-electron chi connectivity index (χ0n) is 16.1. The fourth-order valence-electron chi connectivity index (χ4n) is 2.81. The van der Waals surface area contributed by atoms with Crippen molar-refractivity contribution in [2.75, 3.05) is 13.1 Å². The molecule has 144 valence electrons. The van der Waals surface area contributed by atoms with E-state index in [0.717, 1.165) is 49.0 Å². The van der Waals surface area contributed by atoms with E-state index in [0.29, 0.717) is 5.70 Å². The van der Waals surface area contributed by atoms with Gasteiger partial charge in [0.15, 0.2) is 0 Å². The molecule has 5 nitrogen and oxygen atoms in total. The normalized spacial score (nSPS) is 11.2. The molecule has 1 aromatic heterocycles. The summed E-state index contributed by atoms with van der Waals surface area (Å²) in [5, 5.41) is 6.25. The molecule has 0 unspecified atom stereocenters. The lowest BCUT2D eigenvalue weighted by Gasteiger charge is -2.07. The first-order valence-corrected chi connectivity index (χ1v) is 9.62. The molecule has 2 rings (SSSR count). The van der Waals surface area contributed by atoms with Crippen molar-refractivity contribution < 1.29 is 4.79 Å². The second kappa shape index (κ2) is 11.7. The van der Waals surface area contributed by atoms with E-state index in [-0.39, 0.29) is 5.91 Å². The summed E-state index contributed by atoms with van der Waals surface area (Å²) in [4.78, 5) is 16.1. The van der Waals surface area contributed by atoms with Gasteiger partial charge in [-0.2, -0.15) is 0 Å². The summed E-state index contributed by atoms with van der Waals surface area (Å²) >= 11 is 0. The second-order valence-electron chi connectivity index (χ2n) is 6.63. The monoisotopic (exact) mass is 366 g/mol. The van der Waals surface area contributed by atoms with Crippen LogP contribution in [-0.2, 0) is 0 Å². The maximum Gasteiger partial charge on any atom is 0.251 e. The smallest absolute Gasteiger partial charge is 0.251 e. The highest BCUT2D eigenvalue weighted by molar-refractivity contribution is 5.95. The summed E-state index contributed by atoms with van der Waals surface area (Å²) in [7, 11) is 0. The van der Waals surface area contributed by atoms with Gasteiger partial charge in [0.1, 0.15) is 0 Å². The second-order valence-corrected chi connectivity index (χ2v) is 6.63. The number of aromatic nitrogens is 1. The molecule has 0 saturated carbocycles. The van der Waals surface area contributed by atoms with Gasteiger partial charge in [-0.05, 0) is 43.5 Å². The molecule has 1 amide bonds. The molecule has 0 fully saturated rings. The van der Waals surface area contributed by atoms with E-state index in [9.17, 15) is 4.79 Å². The Balaban J connectivity index is 1.48. The lowest BCUT2D eigenvalue weighted by molar-refractivity contribution is 0.0952. The van der Waals surface area contributed by atoms with Gasteiger partial charge < -0.3 is 16.4 Å². The summed E-state index contributed by atoms with van der Waals surface area (Å²) in [6.07, 6.45) is 10.9. The van der Waals surface area contributed by atoms with Crippen LogP contribution in [0.1, 0.15) is 53.6 Å². The molecule has 0 aliphatic carbocycles. The molecule has 1 heterocycles. The molecule has 0 saturated heterocycles. The van der Waals surface area contributed by atoms with Crippen molar-refractivity contribution in [1.29, 1.82) is 0 Å². The predicted molar refractivity (Wildman–Crippen MR) is 111 cm³/mol. The van der Waals surface area contributed by atoms with Crippen LogP contribution < -0.4 is 16.4 Å². The van der Waals surface area contributed by atoms with E-state index >= 15 is 0 Å². The van der Waals surface area contributed by atoms with Crippen molar-refractivity contribution in [3.8, 4) is 0 Å². The first-order valence-electron chi connectivity index (χ1n) is 9.62. The number of hydrogen-bond acceptors (Lipinski definition) is 4. The zero-order chi connectivity index (χ0) is 19.3. The Bertz CT molecular complexity index is 728. The first kappa shape index (κ1) is 20.5. The maximum atomic E-state index is 12.1. The van der Waals surface area contributed by atoms with Crippen LogP contribution in [0.5, 0.6) is 0 Å². The van der Waals surface area contributed by atoms with Gasteiger partial charge in [0, 0.05) is 42.8 Å². The number of aryl methyl sites for hydroxylation is 1. The van der Waals surface area contributed by atoms with Crippen molar-refractivity contribution in [2.45, 2.75) is 39.0 Å². The zero-order valence-corrected chi connectivity index (χ0v) is 16.1. The number of rotatable bonds is 11. The molecule has 1 aromatic carbocycles. The fourth-order valence-corrected chi connectivity index (χ4v) is 2.81. The van der Waals surface area contributed by atoms with Gasteiger partial charge in [0.2, 0.25) is 0 Å². The maximum absolute atomic E-state index is 12.1. The molecule has 0 aliphatic rings. The highest BCUT2D eigenvalue weighted by atomic mass is 16.1. The average Bonchev–Trinajstić information content (AvgIpc) is 2.70. The highest BCUT2D eigenvalue weighted by Crippen LogP contribution is 2.07. The number of pyridine rings is 1. The third-order valence-corrected chi connectivity index (χ3v) is 4.43. The van der Waals surface area contributed by atoms with Crippen molar-refractivity contribution in [1.82, 2.24) is 15.6 Å². The molecule has 0 atom stereocenters. The van der Waals surface area contributed by atoms with E-state index in [2.05, 4.69) is 15.6 Å². The van der Waals surface area contributed by atoms with Gasteiger partial charge in [-0.1, -0.05) is 37.5 Å². The quantitative estimate of drug-likeness (QED) is 0.531. The molecule has 0 bridgehead atoms. The van der Waals surface area contributed by atoms with Crippen molar-refractivity contribution in [2.24, 2.45) is 5.73 Å². The van der Waals surface area contributed by atoms with Crippen LogP contribution in [0.25, 0.3) is 5.70 Å². The molecule has 27 heavy (non-hydrogen) atoms. The van der Waals surface area contributed by atoms with Crippen molar-refractivity contribution >= 4 is 11.6 Å². The Morgan fingerprint density at radius 1 is 1.04 bits per heavy atom. The van der Waals surface area contributed by atoms with Gasteiger partial charge in [-0.25, -0.2) is 0 Å². The fraction of sp³-hybridized carbons (Fsp3) is 0.364. The number of nitrogens with zero attached hydrogens (tertiary/aromatic N) is 1. The minimum absolute atomic E-state index is 0.0234. The molecular formula is C22H30N4O. The van der Waals surface area contributed by atoms with Gasteiger partial charge in [0.25, 0.3) is 5.91 Å². The molecule has 2 aromatic rings. The van der Waals surface area contributed by atoms with Gasteiger partial charge in [-0.15, -0.1) is 0 Å². The summed E-state index contributed by atoms with van der Waals surface area (Å²) in [5.41, 5.74) is 9.40. The number of benzene rings is 1. The number of hydrogen-bond donors (Lipinski definition) is 3. The van der Waals surface area contributed by atoms with E-state index in [1.54, 1.807) is 12.4 Å². The Morgan fingerprint density at radius 3 is 2.52 bits per heavy atom. The Labute approximate surface area is 162 Å².